The summed E-state index contributed by atoms with van der Waals surface area (Å²) in [6, 6.07) is 10.9. The second-order valence-corrected chi connectivity index (χ2v) is 6.58. The van der Waals surface area contributed by atoms with Crippen LogP contribution < -0.4 is 15.6 Å². The summed E-state index contributed by atoms with van der Waals surface area (Å²) in [6.45, 7) is 6.23. The lowest BCUT2D eigenvalue weighted by Gasteiger charge is -2.19. The van der Waals surface area contributed by atoms with Crippen LogP contribution in [0.1, 0.15) is 47.1 Å². The van der Waals surface area contributed by atoms with Gasteiger partial charge in [0.15, 0.2) is 0 Å². The molecule has 25 heavy (non-hydrogen) atoms. The van der Waals surface area contributed by atoms with Gasteiger partial charge in [-0.1, -0.05) is 32.9 Å². The zero-order valence-corrected chi connectivity index (χ0v) is 14.6. The minimum atomic E-state index is -0.750. The van der Waals surface area contributed by atoms with E-state index in [0.29, 0.717) is 11.3 Å². The highest BCUT2D eigenvalue weighted by Gasteiger charge is 2.16. The van der Waals surface area contributed by atoms with Gasteiger partial charge in [-0.05, 0) is 35.2 Å². The lowest BCUT2D eigenvalue weighted by Crippen LogP contribution is -2.42. The molecule has 0 aliphatic heterocycles. The molecule has 0 aromatic heterocycles. The maximum absolute atomic E-state index is 13.8. The Bertz CT molecular complexity index is 780. The summed E-state index contributed by atoms with van der Waals surface area (Å²) >= 11 is 0. The first-order valence-corrected chi connectivity index (χ1v) is 7.77. The van der Waals surface area contributed by atoms with Gasteiger partial charge in [0.2, 0.25) is 0 Å². The average molecular weight is 344 g/mol. The van der Waals surface area contributed by atoms with Crippen LogP contribution in [-0.4, -0.2) is 18.9 Å². The number of carbonyl (C=O) groups is 2. The van der Waals surface area contributed by atoms with Crippen molar-refractivity contribution >= 4 is 11.8 Å². The Morgan fingerprint density at radius 1 is 0.960 bits per heavy atom. The van der Waals surface area contributed by atoms with Crippen LogP contribution >= 0.6 is 0 Å². The van der Waals surface area contributed by atoms with Crippen LogP contribution in [0, 0.1) is 5.82 Å². The average Bonchev–Trinajstić information content (AvgIpc) is 2.58. The minimum absolute atomic E-state index is 0.0187. The molecule has 0 aliphatic rings. The molecule has 0 saturated heterocycles. The van der Waals surface area contributed by atoms with Crippen LogP contribution in [-0.2, 0) is 5.41 Å². The van der Waals surface area contributed by atoms with Gasteiger partial charge in [0, 0.05) is 11.6 Å². The fraction of sp³-hybridized carbons (Fsp3) is 0.263. The number of ether oxygens (including phenoxy) is 1. The van der Waals surface area contributed by atoms with Crippen molar-refractivity contribution in [2.45, 2.75) is 26.2 Å². The first kappa shape index (κ1) is 18.4. The van der Waals surface area contributed by atoms with E-state index >= 15 is 0 Å². The molecule has 2 aromatic rings. The Balaban J connectivity index is 2.01. The van der Waals surface area contributed by atoms with Crippen LogP contribution in [0.25, 0.3) is 0 Å². The van der Waals surface area contributed by atoms with Gasteiger partial charge in [0.05, 0.1) is 12.7 Å². The third-order valence-electron chi connectivity index (χ3n) is 3.72. The molecule has 0 bridgehead atoms. The van der Waals surface area contributed by atoms with Gasteiger partial charge in [0.1, 0.15) is 11.6 Å². The SMILES string of the molecule is COc1ccc(C(=O)NNC(=O)c2ccc(C(C)(C)C)cc2)c(F)c1. The van der Waals surface area contributed by atoms with E-state index < -0.39 is 17.6 Å². The first-order chi connectivity index (χ1) is 11.7. The number of methoxy groups -OCH3 is 1. The third-order valence-corrected chi connectivity index (χ3v) is 3.72. The molecule has 0 heterocycles. The van der Waals surface area contributed by atoms with Crippen molar-refractivity contribution in [3.8, 4) is 5.75 Å². The molecule has 0 radical (unpaired) electrons. The van der Waals surface area contributed by atoms with Crippen LogP contribution in [0.3, 0.4) is 0 Å². The molecule has 0 atom stereocenters. The number of hydrogen-bond acceptors (Lipinski definition) is 3. The van der Waals surface area contributed by atoms with Gasteiger partial charge in [-0.2, -0.15) is 0 Å². The molecule has 2 aromatic carbocycles. The number of hydrogen-bond donors (Lipinski definition) is 2. The molecule has 0 spiro atoms. The predicted molar refractivity (Wildman–Crippen MR) is 93.0 cm³/mol. The second-order valence-electron chi connectivity index (χ2n) is 6.58. The van der Waals surface area contributed by atoms with Crippen molar-refractivity contribution in [1.29, 1.82) is 0 Å². The normalized spacial score (nSPS) is 10.9. The molecule has 2 rings (SSSR count). The molecule has 2 amide bonds. The van der Waals surface area contributed by atoms with E-state index in [-0.39, 0.29) is 11.0 Å². The van der Waals surface area contributed by atoms with E-state index in [0.717, 1.165) is 11.6 Å². The molecule has 132 valence electrons. The molecule has 5 nitrogen and oxygen atoms in total. The zero-order valence-electron chi connectivity index (χ0n) is 14.6. The number of hydrazine groups is 1. The van der Waals surface area contributed by atoms with Gasteiger partial charge in [0.25, 0.3) is 11.8 Å². The third kappa shape index (κ3) is 4.56. The second kappa shape index (κ2) is 7.34. The van der Waals surface area contributed by atoms with Gasteiger partial charge < -0.3 is 4.74 Å². The summed E-state index contributed by atoms with van der Waals surface area (Å²) in [5.74, 6) is -1.67. The highest BCUT2D eigenvalue weighted by molar-refractivity contribution is 5.99. The molecular weight excluding hydrogens is 323 g/mol. The lowest BCUT2D eigenvalue weighted by atomic mass is 9.87. The van der Waals surface area contributed by atoms with Crippen LogP contribution in [0.5, 0.6) is 5.75 Å². The van der Waals surface area contributed by atoms with Crippen LogP contribution in [0.4, 0.5) is 4.39 Å². The Labute approximate surface area is 146 Å². The van der Waals surface area contributed by atoms with Gasteiger partial charge in [-0.15, -0.1) is 0 Å². The standard InChI is InChI=1S/C19H21FN2O3/c1-19(2,3)13-7-5-12(6-8-13)17(23)21-22-18(24)15-10-9-14(25-4)11-16(15)20/h5-11H,1-4H3,(H,21,23)(H,22,24). The van der Waals surface area contributed by atoms with E-state index in [4.69, 9.17) is 4.74 Å². The van der Waals surface area contributed by atoms with E-state index in [1.165, 1.54) is 19.2 Å². The molecule has 0 unspecified atom stereocenters. The lowest BCUT2D eigenvalue weighted by molar-refractivity contribution is 0.0844. The fourth-order valence-corrected chi connectivity index (χ4v) is 2.18. The van der Waals surface area contributed by atoms with Crippen molar-refractivity contribution in [3.05, 3.63) is 65.0 Å². The summed E-state index contributed by atoms with van der Waals surface area (Å²) in [6.07, 6.45) is 0. The van der Waals surface area contributed by atoms with Crippen molar-refractivity contribution in [2.24, 2.45) is 0 Å². The number of halogens is 1. The summed E-state index contributed by atoms with van der Waals surface area (Å²) in [5.41, 5.74) is 5.75. The van der Waals surface area contributed by atoms with Crippen LogP contribution in [0.2, 0.25) is 0 Å². The van der Waals surface area contributed by atoms with Crippen molar-refractivity contribution in [1.82, 2.24) is 10.9 Å². The quantitative estimate of drug-likeness (QED) is 0.840. The Morgan fingerprint density at radius 2 is 1.56 bits per heavy atom. The molecule has 0 aliphatic carbocycles. The molecule has 2 N–H and O–H groups in total. The summed E-state index contributed by atoms with van der Waals surface area (Å²) in [7, 11) is 1.40. The van der Waals surface area contributed by atoms with Gasteiger partial charge in [-0.3, -0.25) is 20.4 Å². The fourth-order valence-electron chi connectivity index (χ4n) is 2.18. The van der Waals surface area contributed by atoms with E-state index in [1.807, 2.05) is 12.1 Å². The molecule has 0 fully saturated rings. The van der Waals surface area contributed by atoms with E-state index in [9.17, 15) is 14.0 Å². The smallest absolute Gasteiger partial charge is 0.272 e. The monoisotopic (exact) mass is 344 g/mol. The van der Waals surface area contributed by atoms with Crippen molar-refractivity contribution < 1.29 is 18.7 Å². The van der Waals surface area contributed by atoms with Gasteiger partial charge in [-0.25, -0.2) is 4.39 Å². The highest BCUT2D eigenvalue weighted by atomic mass is 19.1. The first-order valence-electron chi connectivity index (χ1n) is 7.77. The molecular formula is C19H21FN2O3. The number of carbonyl (C=O) groups excluding carboxylic acids is 2. The number of nitrogens with one attached hydrogen (secondary N) is 2. The van der Waals surface area contributed by atoms with E-state index in [2.05, 4.69) is 31.6 Å². The maximum atomic E-state index is 13.8. The molecule has 6 heteroatoms. The number of rotatable bonds is 3. The van der Waals surface area contributed by atoms with Crippen LogP contribution in [0.15, 0.2) is 42.5 Å². The summed E-state index contributed by atoms with van der Waals surface area (Å²) in [5, 5.41) is 0. The predicted octanol–water partition coefficient (Wildman–Crippen LogP) is 3.21. The van der Waals surface area contributed by atoms with E-state index in [1.54, 1.807) is 12.1 Å². The van der Waals surface area contributed by atoms with Crippen molar-refractivity contribution in [2.75, 3.05) is 7.11 Å². The Morgan fingerprint density at radius 3 is 2.08 bits per heavy atom. The Hall–Kier alpha value is -2.89. The number of benzene rings is 2. The van der Waals surface area contributed by atoms with Crippen molar-refractivity contribution in [3.63, 3.8) is 0 Å². The largest absolute Gasteiger partial charge is 0.497 e. The maximum Gasteiger partial charge on any atom is 0.272 e. The number of amides is 2. The minimum Gasteiger partial charge on any atom is -0.497 e. The Kier molecular flexibility index (Phi) is 5.41. The topological polar surface area (TPSA) is 67.4 Å². The summed E-state index contributed by atoms with van der Waals surface area (Å²) in [4.78, 5) is 24.1. The van der Waals surface area contributed by atoms with Gasteiger partial charge >= 0.3 is 0 Å². The summed E-state index contributed by atoms with van der Waals surface area (Å²) < 4.78 is 18.7. The zero-order chi connectivity index (χ0) is 18.6. The molecule has 0 saturated carbocycles. The highest BCUT2D eigenvalue weighted by Crippen LogP contribution is 2.22.